The standard InChI is InChI=1S/C10H11NO2/c1-6-7(2)9(4-12)11-10(5-13)8(6)3/h4-5H,1-3H3. The highest BCUT2D eigenvalue weighted by atomic mass is 16.1. The van der Waals surface area contributed by atoms with E-state index in [1.54, 1.807) is 0 Å². The summed E-state index contributed by atoms with van der Waals surface area (Å²) in [5, 5.41) is 0. The lowest BCUT2D eigenvalue weighted by atomic mass is 10.0. The molecule has 0 aromatic carbocycles. The maximum absolute atomic E-state index is 10.6. The van der Waals surface area contributed by atoms with Crippen molar-refractivity contribution in [2.45, 2.75) is 20.8 Å². The molecule has 0 aliphatic rings. The Labute approximate surface area is 76.8 Å². The van der Waals surface area contributed by atoms with Gasteiger partial charge in [-0.1, -0.05) is 0 Å². The van der Waals surface area contributed by atoms with Crippen molar-refractivity contribution in [3.63, 3.8) is 0 Å². The molecular formula is C10H11NO2. The van der Waals surface area contributed by atoms with Crippen LogP contribution >= 0.6 is 0 Å². The average molecular weight is 177 g/mol. The number of nitrogens with zero attached hydrogens (tertiary/aromatic N) is 1. The van der Waals surface area contributed by atoms with E-state index in [-0.39, 0.29) is 0 Å². The summed E-state index contributed by atoms with van der Waals surface area (Å²) in [6.07, 6.45) is 1.35. The lowest BCUT2D eigenvalue weighted by molar-refractivity contribution is 0.111. The van der Waals surface area contributed by atoms with Gasteiger partial charge in [0.05, 0.1) is 0 Å². The van der Waals surface area contributed by atoms with Crippen LogP contribution in [-0.4, -0.2) is 17.6 Å². The monoisotopic (exact) mass is 177 g/mol. The maximum atomic E-state index is 10.6. The number of aromatic nitrogens is 1. The Morgan fingerprint density at radius 3 is 1.54 bits per heavy atom. The summed E-state index contributed by atoms with van der Waals surface area (Å²) in [7, 11) is 0. The van der Waals surface area contributed by atoms with E-state index < -0.39 is 0 Å². The van der Waals surface area contributed by atoms with E-state index in [9.17, 15) is 9.59 Å². The first-order valence-electron chi connectivity index (χ1n) is 4.00. The lowest BCUT2D eigenvalue weighted by Gasteiger charge is -2.07. The molecule has 1 rings (SSSR count). The van der Waals surface area contributed by atoms with E-state index in [2.05, 4.69) is 4.98 Å². The Morgan fingerprint density at radius 1 is 0.846 bits per heavy atom. The van der Waals surface area contributed by atoms with Gasteiger partial charge >= 0.3 is 0 Å². The van der Waals surface area contributed by atoms with Crippen LogP contribution in [0.5, 0.6) is 0 Å². The molecule has 0 aliphatic heterocycles. The number of hydrogen-bond acceptors (Lipinski definition) is 3. The van der Waals surface area contributed by atoms with Crippen LogP contribution < -0.4 is 0 Å². The normalized spacial score (nSPS) is 9.77. The molecule has 3 nitrogen and oxygen atoms in total. The predicted octanol–water partition coefficient (Wildman–Crippen LogP) is 1.63. The van der Waals surface area contributed by atoms with Gasteiger partial charge in [0.25, 0.3) is 0 Å². The third kappa shape index (κ3) is 1.49. The van der Waals surface area contributed by atoms with Crippen LogP contribution in [0.2, 0.25) is 0 Å². The molecule has 0 aliphatic carbocycles. The Hall–Kier alpha value is -1.51. The van der Waals surface area contributed by atoms with Crippen molar-refractivity contribution in [1.29, 1.82) is 0 Å². The van der Waals surface area contributed by atoms with Crippen LogP contribution in [0.25, 0.3) is 0 Å². The molecule has 1 aromatic rings. The zero-order valence-electron chi connectivity index (χ0n) is 7.92. The average Bonchev–Trinajstić information content (AvgIpc) is 2.15. The van der Waals surface area contributed by atoms with Gasteiger partial charge in [0.2, 0.25) is 0 Å². The van der Waals surface area contributed by atoms with Crippen LogP contribution in [0.1, 0.15) is 37.7 Å². The second-order valence-electron chi connectivity index (χ2n) is 2.99. The van der Waals surface area contributed by atoms with Gasteiger partial charge in [0.1, 0.15) is 11.4 Å². The highest BCUT2D eigenvalue weighted by molar-refractivity contribution is 5.81. The number of aldehydes is 2. The predicted molar refractivity (Wildman–Crippen MR) is 49.2 cm³/mol. The van der Waals surface area contributed by atoms with Crippen molar-refractivity contribution in [3.05, 3.63) is 28.1 Å². The molecule has 0 N–H and O–H groups in total. The Morgan fingerprint density at radius 2 is 1.23 bits per heavy atom. The second kappa shape index (κ2) is 3.47. The molecule has 0 fully saturated rings. The topological polar surface area (TPSA) is 47.0 Å². The minimum absolute atomic E-state index is 0.352. The maximum Gasteiger partial charge on any atom is 0.168 e. The molecule has 0 radical (unpaired) electrons. The van der Waals surface area contributed by atoms with Crippen molar-refractivity contribution in [2.75, 3.05) is 0 Å². The van der Waals surface area contributed by atoms with E-state index in [1.165, 1.54) is 0 Å². The number of pyridine rings is 1. The van der Waals surface area contributed by atoms with Crippen molar-refractivity contribution >= 4 is 12.6 Å². The van der Waals surface area contributed by atoms with Gasteiger partial charge in [-0.3, -0.25) is 9.59 Å². The quantitative estimate of drug-likeness (QED) is 0.645. The molecule has 1 aromatic heterocycles. The summed E-state index contributed by atoms with van der Waals surface area (Å²) in [5.74, 6) is 0. The molecular weight excluding hydrogens is 166 g/mol. The fraction of sp³-hybridized carbons (Fsp3) is 0.300. The molecule has 0 saturated carbocycles. The third-order valence-electron chi connectivity index (χ3n) is 2.36. The van der Waals surface area contributed by atoms with Gasteiger partial charge in [0.15, 0.2) is 12.6 Å². The molecule has 0 spiro atoms. The van der Waals surface area contributed by atoms with Gasteiger partial charge in [-0.15, -0.1) is 0 Å². The lowest BCUT2D eigenvalue weighted by Crippen LogP contribution is -2.03. The summed E-state index contributed by atoms with van der Waals surface area (Å²) in [6.45, 7) is 5.54. The summed E-state index contributed by atoms with van der Waals surface area (Å²) in [6, 6.07) is 0. The Kier molecular flexibility index (Phi) is 2.56. The summed E-state index contributed by atoms with van der Waals surface area (Å²) in [4.78, 5) is 25.1. The molecule has 0 unspecified atom stereocenters. The smallest absolute Gasteiger partial charge is 0.168 e. The van der Waals surface area contributed by atoms with Gasteiger partial charge in [-0.2, -0.15) is 0 Å². The first-order valence-corrected chi connectivity index (χ1v) is 4.00. The van der Waals surface area contributed by atoms with Crippen LogP contribution in [0, 0.1) is 20.8 Å². The molecule has 0 bridgehead atoms. The molecule has 0 saturated heterocycles. The zero-order valence-corrected chi connectivity index (χ0v) is 7.92. The number of hydrogen-bond donors (Lipinski definition) is 0. The second-order valence-corrected chi connectivity index (χ2v) is 2.99. The highest BCUT2D eigenvalue weighted by Crippen LogP contribution is 2.16. The van der Waals surface area contributed by atoms with Gasteiger partial charge in [-0.05, 0) is 37.5 Å². The van der Waals surface area contributed by atoms with Crippen LogP contribution in [0.3, 0.4) is 0 Å². The SMILES string of the molecule is Cc1c(C=O)nc(C=O)c(C)c1C. The minimum Gasteiger partial charge on any atom is -0.296 e. The van der Waals surface area contributed by atoms with Crippen molar-refractivity contribution in [1.82, 2.24) is 4.98 Å². The fourth-order valence-electron chi connectivity index (χ4n) is 1.19. The fourth-order valence-corrected chi connectivity index (χ4v) is 1.19. The van der Waals surface area contributed by atoms with E-state index in [4.69, 9.17) is 0 Å². The van der Waals surface area contributed by atoms with Gasteiger partial charge in [0, 0.05) is 0 Å². The van der Waals surface area contributed by atoms with Crippen molar-refractivity contribution in [3.8, 4) is 0 Å². The van der Waals surface area contributed by atoms with E-state index in [0.717, 1.165) is 16.7 Å². The molecule has 0 amide bonds. The van der Waals surface area contributed by atoms with E-state index in [0.29, 0.717) is 24.0 Å². The van der Waals surface area contributed by atoms with Crippen molar-refractivity contribution in [2.24, 2.45) is 0 Å². The van der Waals surface area contributed by atoms with E-state index >= 15 is 0 Å². The first-order chi connectivity index (χ1) is 6.11. The zero-order chi connectivity index (χ0) is 10.0. The molecule has 68 valence electrons. The molecule has 0 atom stereocenters. The number of carbonyl (C=O) groups excluding carboxylic acids is 2. The van der Waals surface area contributed by atoms with Crippen LogP contribution in [0.15, 0.2) is 0 Å². The third-order valence-corrected chi connectivity index (χ3v) is 2.36. The molecule has 1 heterocycles. The molecule has 3 heteroatoms. The minimum atomic E-state index is 0.352. The van der Waals surface area contributed by atoms with Crippen LogP contribution in [0.4, 0.5) is 0 Å². The Bertz CT molecular complexity index is 337. The van der Waals surface area contributed by atoms with Gasteiger partial charge < -0.3 is 0 Å². The van der Waals surface area contributed by atoms with Crippen molar-refractivity contribution < 1.29 is 9.59 Å². The Balaban J connectivity index is 3.53. The van der Waals surface area contributed by atoms with E-state index in [1.807, 2.05) is 20.8 Å². The highest BCUT2D eigenvalue weighted by Gasteiger charge is 2.09. The summed E-state index contributed by atoms with van der Waals surface area (Å²) >= 11 is 0. The number of rotatable bonds is 2. The summed E-state index contributed by atoms with van der Waals surface area (Å²) in [5.41, 5.74) is 3.35. The molecule has 13 heavy (non-hydrogen) atoms. The first kappa shape index (κ1) is 9.58. The summed E-state index contributed by atoms with van der Waals surface area (Å²) < 4.78 is 0. The van der Waals surface area contributed by atoms with Crippen LogP contribution in [-0.2, 0) is 0 Å². The van der Waals surface area contributed by atoms with Gasteiger partial charge in [-0.25, -0.2) is 4.98 Å². The largest absolute Gasteiger partial charge is 0.296 e. The number of carbonyl (C=O) groups is 2.